The second-order valence-corrected chi connectivity index (χ2v) is 5.70. The van der Waals surface area contributed by atoms with Crippen molar-refractivity contribution in [1.29, 1.82) is 0 Å². The maximum Gasteiger partial charge on any atom is 0.123 e. The van der Waals surface area contributed by atoms with Crippen molar-refractivity contribution in [3.63, 3.8) is 0 Å². The quantitative estimate of drug-likeness (QED) is 0.870. The van der Waals surface area contributed by atoms with Crippen LogP contribution in [0.15, 0.2) is 18.2 Å². The highest BCUT2D eigenvalue weighted by Crippen LogP contribution is 2.26. The van der Waals surface area contributed by atoms with Crippen LogP contribution < -0.4 is 5.32 Å². The molecule has 1 heterocycles. The maximum atomic E-state index is 13.1. The molecular formula is C13H18FNOS. The van der Waals surface area contributed by atoms with Gasteiger partial charge >= 0.3 is 0 Å². The summed E-state index contributed by atoms with van der Waals surface area (Å²) in [6.07, 6.45) is 2.29. The van der Waals surface area contributed by atoms with E-state index in [0.29, 0.717) is 11.6 Å². The SMILES string of the molecule is CC(NC1CCSCC1)c1cc(F)ccc1O. The molecule has 1 saturated heterocycles. The molecule has 2 N–H and O–H groups in total. The second-order valence-electron chi connectivity index (χ2n) is 4.48. The zero-order valence-corrected chi connectivity index (χ0v) is 10.8. The number of benzene rings is 1. The number of phenols is 1. The van der Waals surface area contributed by atoms with Crippen LogP contribution in [-0.4, -0.2) is 22.7 Å². The standard InChI is InChI=1S/C13H18FNOS/c1-9(15-11-4-6-17-7-5-11)12-8-10(14)2-3-13(12)16/h2-3,8-9,11,15-16H,4-7H2,1H3. The summed E-state index contributed by atoms with van der Waals surface area (Å²) in [5, 5.41) is 13.2. The average molecular weight is 255 g/mol. The summed E-state index contributed by atoms with van der Waals surface area (Å²) in [6.45, 7) is 1.97. The molecule has 1 atom stereocenters. The minimum Gasteiger partial charge on any atom is -0.508 e. The van der Waals surface area contributed by atoms with Crippen LogP contribution >= 0.6 is 11.8 Å². The number of nitrogens with one attached hydrogen (secondary N) is 1. The van der Waals surface area contributed by atoms with Crippen molar-refractivity contribution in [3.05, 3.63) is 29.6 Å². The molecule has 4 heteroatoms. The summed E-state index contributed by atoms with van der Waals surface area (Å²) >= 11 is 1.98. The van der Waals surface area contributed by atoms with Crippen molar-refractivity contribution in [1.82, 2.24) is 5.32 Å². The van der Waals surface area contributed by atoms with Gasteiger partial charge in [-0.2, -0.15) is 11.8 Å². The maximum absolute atomic E-state index is 13.1. The van der Waals surface area contributed by atoms with E-state index in [1.807, 2.05) is 18.7 Å². The largest absolute Gasteiger partial charge is 0.508 e. The lowest BCUT2D eigenvalue weighted by Gasteiger charge is -2.27. The first-order valence-corrected chi connectivity index (χ1v) is 7.14. The van der Waals surface area contributed by atoms with Gasteiger partial charge in [-0.3, -0.25) is 0 Å². The van der Waals surface area contributed by atoms with Crippen LogP contribution in [0.5, 0.6) is 5.75 Å². The van der Waals surface area contributed by atoms with Gasteiger partial charge in [0.05, 0.1) is 0 Å². The van der Waals surface area contributed by atoms with Gasteiger partial charge in [-0.05, 0) is 49.5 Å². The molecular weight excluding hydrogens is 237 g/mol. The molecule has 1 aromatic carbocycles. The molecule has 0 aliphatic carbocycles. The Bertz CT molecular complexity index is 380. The second kappa shape index (κ2) is 5.74. The Hall–Kier alpha value is -0.740. The smallest absolute Gasteiger partial charge is 0.123 e. The number of halogens is 1. The van der Waals surface area contributed by atoms with Crippen molar-refractivity contribution < 1.29 is 9.50 Å². The molecule has 0 spiro atoms. The molecule has 94 valence electrons. The first-order valence-electron chi connectivity index (χ1n) is 5.99. The third-order valence-corrected chi connectivity index (χ3v) is 4.21. The van der Waals surface area contributed by atoms with Crippen molar-refractivity contribution in [2.45, 2.75) is 31.8 Å². The number of aromatic hydroxyl groups is 1. The zero-order chi connectivity index (χ0) is 12.3. The normalized spacial score (nSPS) is 19.2. The van der Waals surface area contributed by atoms with Crippen molar-refractivity contribution in [2.24, 2.45) is 0 Å². The lowest BCUT2D eigenvalue weighted by atomic mass is 10.0. The zero-order valence-electron chi connectivity index (χ0n) is 9.95. The summed E-state index contributed by atoms with van der Waals surface area (Å²) < 4.78 is 13.1. The molecule has 0 radical (unpaired) electrons. The first kappa shape index (κ1) is 12.7. The van der Waals surface area contributed by atoms with E-state index >= 15 is 0 Å². The van der Waals surface area contributed by atoms with E-state index in [4.69, 9.17) is 0 Å². The summed E-state index contributed by atoms with van der Waals surface area (Å²) in [5.74, 6) is 2.22. The number of hydrogen-bond donors (Lipinski definition) is 2. The highest BCUT2D eigenvalue weighted by atomic mass is 32.2. The minimum atomic E-state index is -0.300. The molecule has 1 fully saturated rings. The van der Waals surface area contributed by atoms with E-state index in [9.17, 15) is 9.50 Å². The Balaban J connectivity index is 2.02. The lowest BCUT2D eigenvalue weighted by Crippen LogP contribution is -2.34. The fourth-order valence-corrected chi connectivity index (χ4v) is 3.29. The summed E-state index contributed by atoms with van der Waals surface area (Å²) in [5.41, 5.74) is 0.642. The van der Waals surface area contributed by atoms with Crippen LogP contribution in [0.4, 0.5) is 4.39 Å². The van der Waals surface area contributed by atoms with Gasteiger partial charge in [-0.15, -0.1) is 0 Å². The number of phenolic OH excluding ortho intramolecular Hbond substituents is 1. The molecule has 0 aromatic heterocycles. The lowest BCUT2D eigenvalue weighted by molar-refractivity contribution is 0.408. The Morgan fingerprint density at radius 2 is 2.12 bits per heavy atom. The average Bonchev–Trinajstić information content (AvgIpc) is 2.33. The number of thioether (sulfide) groups is 1. The van der Waals surface area contributed by atoms with Gasteiger partial charge < -0.3 is 10.4 Å². The van der Waals surface area contributed by atoms with Crippen LogP contribution in [0.25, 0.3) is 0 Å². The van der Waals surface area contributed by atoms with Crippen LogP contribution in [0.3, 0.4) is 0 Å². The molecule has 0 saturated carbocycles. The van der Waals surface area contributed by atoms with E-state index in [-0.39, 0.29) is 17.6 Å². The van der Waals surface area contributed by atoms with Crippen molar-refractivity contribution >= 4 is 11.8 Å². The Morgan fingerprint density at radius 1 is 1.41 bits per heavy atom. The van der Waals surface area contributed by atoms with E-state index in [1.54, 1.807) is 0 Å². The van der Waals surface area contributed by atoms with Gasteiger partial charge in [0.2, 0.25) is 0 Å². The molecule has 0 bridgehead atoms. The van der Waals surface area contributed by atoms with Gasteiger partial charge in [0.15, 0.2) is 0 Å². The predicted octanol–water partition coefficient (Wildman–Crippen LogP) is 3.08. The summed E-state index contributed by atoms with van der Waals surface area (Å²) in [7, 11) is 0. The molecule has 1 aliphatic rings. The van der Waals surface area contributed by atoms with Gasteiger partial charge in [0.1, 0.15) is 11.6 Å². The molecule has 17 heavy (non-hydrogen) atoms. The predicted molar refractivity (Wildman–Crippen MR) is 70.0 cm³/mol. The third kappa shape index (κ3) is 3.36. The molecule has 0 amide bonds. The summed E-state index contributed by atoms with van der Waals surface area (Å²) in [6, 6.07) is 4.57. The van der Waals surface area contributed by atoms with E-state index in [2.05, 4.69) is 5.32 Å². The van der Waals surface area contributed by atoms with Gasteiger partial charge in [0, 0.05) is 17.6 Å². The molecule has 2 rings (SSSR count). The fourth-order valence-electron chi connectivity index (χ4n) is 2.18. The third-order valence-electron chi connectivity index (χ3n) is 3.16. The molecule has 1 unspecified atom stereocenters. The Kier molecular flexibility index (Phi) is 4.29. The summed E-state index contributed by atoms with van der Waals surface area (Å²) in [4.78, 5) is 0. The monoisotopic (exact) mass is 255 g/mol. The van der Waals surface area contributed by atoms with Gasteiger partial charge in [-0.25, -0.2) is 4.39 Å². The minimum absolute atomic E-state index is 0.0150. The van der Waals surface area contributed by atoms with Crippen molar-refractivity contribution in [2.75, 3.05) is 11.5 Å². The number of hydrogen-bond acceptors (Lipinski definition) is 3. The highest BCUT2D eigenvalue weighted by Gasteiger charge is 2.18. The van der Waals surface area contributed by atoms with Crippen LogP contribution in [0.2, 0.25) is 0 Å². The van der Waals surface area contributed by atoms with E-state index in [1.165, 1.54) is 29.7 Å². The Morgan fingerprint density at radius 3 is 2.82 bits per heavy atom. The van der Waals surface area contributed by atoms with Crippen LogP contribution in [0.1, 0.15) is 31.4 Å². The van der Waals surface area contributed by atoms with Crippen LogP contribution in [0, 0.1) is 5.82 Å². The van der Waals surface area contributed by atoms with Crippen molar-refractivity contribution in [3.8, 4) is 5.75 Å². The fraction of sp³-hybridized carbons (Fsp3) is 0.538. The molecule has 2 nitrogen and oxygen atoms in total. The molecule has 1 aliphatic heterocycles. The Labute approximate surface area is 106 Å². The molecule has 1 aromatic rings. The van der Waals surface area contributed by atoms with Gasteiger partial charge in [-0.1, -0.05) is 0 Å². The first-order chi connectivity index (χ1) is 8.16. The number of rotatable bonds is 3. The van der Waals surface area contributed by atoms with E-state index in [0.717, 1.165) is 12.8 Å². The van der Waals surface area contributed by atoms with Gasteiger partial charge in [0.25, 0.3) is 0 Å². The highest BCUT2D eigenvalue weighted by molar-refractivity contribution is 7.99. The van der Waals surface area contributed by atoms with E-state index < -0.39 is 0 Å². The van der Waals surface area contributed by atoms with Crippen LogP contribution in [-0.2, 0) is 0 Å². The topological polar surface area (TPSA) is 32.3 Å².